The van der Waals surface area contributed by atoms with Crippen LogP contribution in [0.15, 0.2) is 0 Å². The third-order valence-electron chi connectivity index (χ3n) is 2.45. The predicted octanol–water partition coefficient (Wildman–Crippen LogP) is 4.71. The summed E-state index contributed by atoms with van der Waals surface area (Å²) in [7, 11) is 0. The molecule has 0 heterocycles. The molecule has 0 aliphatic heterocycles. The van der Waals surface area contributed by atoms with Crippen LogP contribution in [0.5, 0.6) is 0 Å². The molecule has 0 amide bonds. The molecule has 2 atom stereocenters. The maximum atomic E-state index is 13.4. The van der Waals surface area contributed by atoms with Gasteiger partial charge in [0.1, 0.15) is 0 Å². The van der Waals surface area contributed by atoms with Crippen LogP contribution in [-0.2, 0) is 0 Å². The van der Waals surface area contributed by atoms with Crippen LogP contribution >= 0.6 is 22.6 Å². The van der Waals surface area contributed by atoms with E-state index in [9.17, 15) is 4.39 Å². The fraction of sp³-hybridized carbons (Fsp3) is 1.00. The highest BCUT2D eigenvalue weighted by atomic mass is 127. The highest BCUT2D eigenvalue weighted by Gasteiger charge is 2.21. The van der Waals surface area contributed by atoms with Gasteiger partial charge < -0.3 is 0 Å². The van der Waals surface area contributed by atoms with Crippen molar-refractivity contribution in [1.29, 1.82) is 0 Å². The summed E-state index contributed by atoms with van der Waals surface area (Å²) < 4.78 is 12.4. The van der Waals surface area contributed by atoms with Gasteiger partial charge in [-0.2, -0.15) is 0 Å². The van der Waals surface area contributed by atoms with E-state index in [1.165, 1.54) is 12.8 Å². The lowest BCUT2D eigenvalue weighted by molar-refractivity contribution is 0.270. The van der Waals surface area contributed by atoms with E-state index in [2.05, 4.69) is 13.8 Å². The van der Waals surface area contributed by atoms with Crippen molar-refractivity contribution >= 4 is 22.6 Å². The molecule has 12 heavy (non-hydrogen) atoms. The quantitative estimate of drug-likeness (QED) is 0.490. The minimum Gasteiger partial charge on any atom is -0.232 e. The van der Waals surface area contributed by atoms with Crippen LogP contribution in [0.2, 0.25) is 0 Å². The van der Waals surface area contributed by atoms with Gasteiger partial charge in [-0.3, -0.25) is 0 Å². The topological polar surface area (TPSA) is 0 Å². The van der Waals surface area contributed by atoms with Crippen LogP contribution in [0, 0.1) is 5.92 Å². The van der Waals surface area contributed by atoms with E-state index in [4.69, 9.17) is 0 Å². The van der Waals surface area contributed by atoms with Gasteiger partial charge in [-0.25, -0.2) is 4.39 Å². The minimum absolute atomic E-state index is 0.633. The van der Waals surface area contributed by atoms with Crippen LogP contribution < -0.4 is 0 Å². The first kappa shape index (κ1) is 12.7. The van der Waals surface area contributed by atoms with Crippen molar-refractivity contribution in [3.8, 4) is 0 Å². The van der Waals surface area contributed by atoms with E-state index in [1.807, 2.05) is 29.5 Å². The molecule has 0 N–H and O–H groups in total. The second-order valence-corrected chi connectivity index (χ2v) is 5.55. The molecule has 0 saturated carbocycles. The molecule has 0 aromatic heterocycles. The molecule has 0 nitrogen and oxygen atoms in total. The Morgan fingerprint density at radius 3 is 2.42 bits per heavy atom. The summed E-state index contributed by atoms with van der Waals surface area (Å²) in [5.41, 5.74) is 0. The third-order valence-corrected chi connectivity index (χ3v) is 3.76. The van der Waals surface area contributed by atoms with E-state index in [1.54, 1.807) is 0 Å². The zero-order valence-electron chi connectivity index (χ0n) is 8.37. The first-order chi connectivity index (χ1) is 5.52. The molecule has 2 heteroatoms. The molecule has 0 aromatic carbocycles. The largest absolute Gasteiger partial charge is 0.232 e. The molecule has 0 bridgehead atoms. The maximum absolute atomic E-state index is 13.4. The van der Waals surface area contributed by atoms with Crippen molar-refractivity contribution in [2.24, 2.45) is 5.92 Å². The molecule has 0 aliphatic rings. The molecule has 0 radical (unpaired) electrons. The van der Waals surface area contributed by atoms with Crippen LogP contribution in [0.1, 0.15) is 52.9 Å². The number of hydrogen-bond acceptors (Lipinski definition) is 0. The molecule has 1 unspecified atom stereocenters. The highest BCUT2D eigenvalue weighted by Crippen LogP contribution is 2.31. The lowest BCUT2D eigenvalue weighted by Gasteiger charge is -2.16. The normalized spacial score (nSPS) is 18.8. The monoisotopic (exact) mass is 286 g/mol. The predicted molar refractivity (Wildman–Crippen MR) is 61.5 cm³/mol. The van der Waals surface area contributed by atoms with Gasteiger partial charge in [-0.05, 0) is 47.8 Å². The van der Waals surface area contributed by atoms with Gasteiger partial charge in [0, 0.05) is 0 Å². The van der Waals surface area contributed by atoms with Crippen LogP contribution in [0.25, 0.3) is 0 Å². The Morgan fingerprint density at radius 2 is 2.00 bits per heavy atom. The Balaban J connectivity index is 3.42. The van der Waals surface area contributed by atoms with Gasteiger partial charge in [0.25, 0.3) is 0 Å². The molecule has 74 valence electrons. The number of rotatable bonds is 6. The van der Waals surface area contributed by atoms with Gasteiger partial charge >= 0.3 is 0 Å². The fourth-order valence-electron chi connectivity index (χ4n) is 1.09. The van der Waals surface area contributed by atoms with Crippen molar-refractivity contribution in [2.75, 3.05) is 0 Å². The second kappa shape index (κ2) is 6.17. The van der Waals surface area contributed by atoms with E-state index in [-0.39, 0.29) is 0 Å². The molecular weight excluding hydrogens is 266 g/mol. The summed E-state index contributed by atoms with van der Waals surface area (Å²) in [5, 5.41) is 0. The molecule has 0 fully saturated rings. The second-order valence-electron chi connectivity index (χ2n) is 3.62. The van der Waals surface area contributed by atoms with E-state index < -0.39 is 3.68 Å². The van der Waals surface area contributed by atoms with E-state index in [0.29, 0.717) is 12.8 Å². The van der Waals surface area contributed by atoms with Crippen LogP contribution in [0.4, 0.5) is 4.39 Å². The van der Waals surface area contributed by atoms with Gasteiger partial charge in [0.2, 0.25) is 0 Å². The molecular formula is C10H20FI. The summed E-state index contributed by atoms with van der Waals surface area (Å²) in [6.07, 6.45) is 4.77. The standard InChI is InChI=1S/C10H20FI/c1-4-9(3)7-6-8-10(11,12)5-2/h9H,4-8H2,1-3H3/t9-,10?/m0/s1. The SMILES string of the molecule is CC[C@H](C)CCCC(F)(I)CC. The Kier molecular flexibility index (Phi) is 6.50. The lowest BCUT2D eigenvalue weighted by atomic mass is 10.00. The van der Waals surface area contributed by atoms with Gasteiger partial charge in [-0.1, -0.05) is 33.6 Å². The van der Waals surface area contributed by atoms with Crippen molar-refractivity contribution in [3.05, 3.63) is 0 Å². The Labute approximate surface area is 89.5 Å². The van der Waals surface area contributed by atoms with Crippen LogP contribution in [0.3, 0.4) is 0 Å². The van der Waals surface area contributed by atoms with Crippen molar-refractivity contribution < 1.29 is 4.39 Å². The summed E-state index contributed by atoms with van der Waals surface area (Å²) in [5.74, 6) is 0.758. The first-order valence-electron chi connectivity index (χ1n) is 4.89. The Morgan fingerprint density at radius 1 is 1.42 bits per heavy atom. The highest BCUT2D eigenvalue weighted by molar-refractivity contribution is 14.1. The number of halogens is 2. The average molecular weight is 286 g/mol. The first-order valence-corrected chi connectivity index (χ1v) is 5.97. The zero-order chi connectivity index (χ0) is 9.61. The summed E-state index contributed by atoms with van der Waals surface area (Å²) in [6, 6.07) is 0. The Bertz CT molecular complexity index is 112. The summed E-state index contributed by atoms with van der Waals surface area (Å²) in [6.45, 7) is 6.34. The van der Waals surface area contributed by atoms with Gasteiger partial charge in [0.05, 0.1) is 0 Å². The van der Waals surface area contributed by atoms with Crippen molar-refractivity contribution in [3.63, 3.8) is 0 Å². The summed E-state index contributed by atoms with van der Waals surface area (Å²) in [4.78, 5) is 0. The van der Waals surface area contributed by atoms with Crippen molar-refractivity contribution in [1.82, 2.24) is 0 Å². The van der Waals surface area contributed by atoms with Crippen LogP contribution in [-0.4, -0.2) is 3.68 Å². The average Bonchev–Trinajstić information content (AvgIpc) is 2.04. The molecule has 0 aromatic rings. The van der Waals surface area contributed by atoms with E-state index >= 15 is 0 Å². The van der Waals surface area contributed by atoms with Gasteiger partial charge in [-0.15, -0.1) is 0 Å². The lowest BCUT2D eigenvalue weighted by Crippen LogP contribution is -2.11. The summed E-state index contributed by atoms with van der Waals surface area (Å²) >= 11 is 1.93. The number of hydrogen-bond donors (Lipinski definition) is 0. The zero-order valence-corrected chi connectivity index (χ0v) is 10.5. The smallest absolute Gasteiger partial charge is 0.161 e. The third kappa shape index (κ3) is 6.21. The minimum atomic E-state index is -0.953. The molecule has 0 saturated heterocycles. The fourth-order valence-corrected chi connectivity index (χ4v) is 1.47. The number of alkyl halides is 2. The van der Waals surface area contributed by atoms with Gasteiger partial charge in [0.15, 0.2) is 3.68 Å². The molecule has 0 aliphatic carbocycles. The van der Waals surface area contributed by atoms with E-state index in [0.717, 1.165) is 12.3 Å². The Hall–Kier alpha value is 0.660. The molecule has 0 spiro atoms. The van der Waals surface area contributed by atoms with Crippen molar-refractivity contribution in [2.45, 2.75) is 56.6 Å². The molecule has 0 rings (SSSR count). The maximum Gasteiger partial charge on any atom is 0.161 e.